The van der Waals surface area contributed by atoms with E-state index >= 15 is 0 Å². The first kappa shape index (κ1) is 54.2. The van der Waals surface area contributed by atoms with Crippen LogP contribution in [0, 0.1) is 17.8 Å². The molecule has 1 amide bonds. The molecule has 0 aromatic rings. The molecular weight excluding hydrogens is 814 g/mol. The molecule has 3 aliphatic heterocycles. The zero-order valence-electron chi connectivity index (χ0n) is 39.4. The first-order valence-electron chi connectivity index (χ1n) is 22.0. The molecule has 3 saturated heterocycles. The summed E-state index contributed by atoms with van der Waals surface area (Å²) >= 11 is 0. The van der Waals surface area contributed by atoms with Crippen molar-refractivity contribution in [1.82, 2.24) is 15.1 Å². The van der Waals surface area contributed by atoms with Gasteiger partial charge in [0.25, 0.3) is 0 Å². The van der Waals surface area contributed by atoms with Gasteiger partial charge in [-0.1, -0.05) is 20.8 Å². The van der Waals surface area contributed by atoms with E-state index < -0.39 is 127 Å². The summed E-state index contributed by atoms with van der Waals surface area (Å²) in [5.74, 6) is -4.47. The molecule has 18 atom stereocenters. The van der Waals surface area contributed by atoms with Crippen molar-refractivity contribution >= 4 is 17.8 Å². The third kappa shape index (κ3) is 12.8. The van der Waals surface area contributed by atoms with Gasteiger partial charge in [0.1, 0.15) is 29.5 Å². The van der Waals surface area contributed by atoms with E-state index in [0.29, 0.717) is 6.42 Å². The van der Waals surface area contributed by atoms with Gasteiger partial charge in [-0.25, -0.2) is 0 Å². The molecule has 0 spiro atoms. The molecule has 0 aromatic heterocycles. The van der Waals surface area contributed by atoms with Gasteiger partial charge in [-0.2, -0.15) is 0 Å². The highest BCUT2D eigenvalue weighted by atomic mass is 16.7. The molecular formula is C43H79N3O16. The van der Waals surface area contributed by atoms with Gasteiger partial charge >= 0.3 is 11.9 Å². The number of hydrogen-bond acceptors (Lipinski definition) is 18. The van der Waals surface area contributed by atoms with Crippen molar-refractivity contribution < 1.29 is 77.8 Å². The predicted octanol–water partition coefficient (Wildman–Crippen LogP) is 0.882. The maximum Gasteiger partial charge on any atom is 0.311 e. The summed E-state index contributed by atoms with van der Waals surface area (Å²) in [5.41, 5.74) is -4.48. The van der Waals surface area contributed by atoms with Gasteiger partial charge in [-0.05, 0) is 81.8 Å². The van der Waals surface area contributed by atoms with E-state index in [1.165, 1.54) is 26.0 Å². The van der Waals surface area contributed by atoms with Crippen LogP contribution in [0.25, 0.3) is 0 Å². The predicted molar refractivity (Wildman–Crippen MR) is 224 cm³/mol. The van der Waals surface area contributed by atoms with Crippen molar-refractivity contribution in [2.75, 3.05) is 48.3 Å². The van der Waals surface area contributed by atoms with Crippen molar-refractivity contribution in [2.45, 2.75) is 192 Å². The van der Waals surface area contributed by atoms with Crippen molar-refractivity contribution in [3.05, 3.63) is 0 Å². The number of hydrogen-bond donors (Lipinski definition) is 6. The molecule has 0 bridgehead atoms. The van der Waals surface area contributed by atoms with E-state index in [2.05, 4.69) is 5.32 Å². The first-order chi connectivity index (χ1) is 28.8. The van der Waals surface area contributed by atoms with Crippen LogP contribution >= 0.6 is 0 Å². The Morgan fingerprint density at radius 2 is 1.50 bits per heavy atom. The lowest BCUT2D eigenvalue weighted by atomic mass is 9.77. The van der Waals surface area contributed by atoms with E-state index in [0.717, 1.165) is 0 Å². The van der Waals surface area contributed by atoms with Crippen molar-refractivity contribution in [3.8, 4) is 0 Å². The number of cyclic esters (lactones) is 1. The molecule has 0 aliphatic carbocycles. The number of rotatable bonds is 14. The molecule has 3 heterocycles. The molecule has 0 radical (unpaired) electrons. The van der Waals surface area contributed by atoms with Crippen LogP contribution in [0.1, 0.15) is 101 Å². The quantitative estimate of drug-likeness (QED) is 0.105. The number of likely N-dealkylation sites (N-methyl/N-ethyl adjacent to an activating group) is 1. The summed E-state index contributed by atoms with van der Waals surface area (Å²) in [4.78, 5) is 44.5. The van der Waals surface area contributed by atoms with Crippen LogP contribution in [0.5, 0.6) is 0 Å². The molecule has 0 unspecified atom stereocenters. The van der Waals surface area contributed by atoms with Gasteiger partial charge < -0.3 is 73.6 Å². The van der Waals surface area contributed by atoms with Crippen LogP contribution in [0.15, 0.2) is 0 Å². The maximum atomic E-state index is 14.4. The summed E-state index contributed by atoms with van der Waals surface area (Å²) in [5, 5.41) is 56.5. The highest BCUT2D eigenvalue weighted by molar-refractivity contribution is 5.78. The number of aliphatic hydroxyl groups excluding tert-OH is 4. The minimum Gasteiger partial charge on any atom is -0.459 e. The number of carbonyl (C=O) groups is 3. The third-order valence-electron chi connectivity index (χ3n) is 13.4. The molecule has 19 heteroatoms. The Morgan fingerprint density at radius 3 is 2.05 bits per heavy atom. The Balaban J connectivity index is 2.17. The number of ether oxygens (including phenoxy) is 8. The minimum atomic E-state index is -1.99. The zero-order chi connectivity index (χ0) is 47.1. The zero-order valence-corrected chi connectivity index (χ0v) is 39.4. The van der Waals surface area contributed by atoms with Gasteiger partial charge in [0.2, 0.25) is 5.91 Å². The monoisotopic (exact) mass is 894 g/mol. The normalized spacial score (nSPS) is 43.1. The lowest BCUT2D eigenvalue weighted by molar-refractivity contribution is -0.320. The van der Waals surface area contributed by atoms with Crippen LogP contribution in [0.2, 0.25) is 0 Å². The fourth-order valence-electron chi connectivity index (χ4n) is 9.26. The Labute approximate surface area is 367 Å². The lowest BCUT2D eigenvalue weighted by Gasteiger charge is -2.49. The first-order valence-corrected chi connectivity index (χ1v) is 22.0. The Bertz CT molecular complexity index is 1440. The summed E-state index contributed by atoms with van der Waals surface area (Å²) in [6, 6.07) is -1.29. The average molecular weight is 894 g/mol. The molecule has 3 aliphatic rings. The fraction of sp³-hybridized carbons (Fsp3) is 0.930. The van der Waals surface area contributed by atoms with E-state index in [-0.39, 0.29) is 44.4 Å². The van der Waals surface area contributed by atoms with Crippen molar-refractivity contribution in [1.29, 1.82) is 0 Å². The lowest BCUT2D eigenvalue weighted by Crippen LogP contribution is -2.61. The molecule has 0 saturated carbocycles. The van der Waals surface area contributed by atoms with E-state index in [1.807, 2.05) is 25.9 Å². The average Bonchev–Trinajstić information content (AvgIpc) is 3.21. The van der Waals surface area contributed by atoms with Gasteiger partial charge in [-0.15, -0.1) is 0 Å². The summed E-state index contributed by atoms with van der Waals surface area (Å²) in [6.07, 6.45) is -9.71. The van der Waals surface area contributed by atoms with Crippen LogP contribution in [0.3, 0.4) is 0 Å². The molecule has 3 fully saturated rings. The van der Waals surface area contributed by atoms with Gasteiger partial charge in [-0.3, -0.25) is 19.3 Å². The molecule has 3 rings (SSSR count). The highest BCUT2D eigenvalue weighted by Gasteiger charge is 2.54. The SMILES string of the molecule is CC[C@H]1OC(=O)[C@H](C)[C@@H](O[C@H]2C[C@@](C)(OC)[C@@H](OC(=O)CCN(CO)CO)[C@H](C)O2)[C@H](C)[C@@H](O[C@@H]2O[C@H](C)C[C@H](N(C)C)[C@H]2O)[C@](C)(OC)C[C@@H](C)C(=O)N[C@H](C)[C@@H](O)[C@]1(C)O. The Morgan fingerprint density at radius 1 is 0.903 bits per heavy atom. The third-order valence-corrected chi connectivity index (χ3v) is 13.4. The number of aliphatic hydroxyl groups is 5. The smallest absolute Gasteiger partial charge is 0.311 e. The second-order valence-corrected chi connectivity index (χ2v) is 18.6. The summed E-state index contributed by atoms with van der Waals surface area (Å²) in [7, 11) is 6.67. The van der Waals surface area contributed by atoms with Gasteiger partial charge in [0.05, 0.1) is 61.9 Å². The number of nitrogens with zero attached hydrogens (tertiary/aromatic N) is 2. The second kappa shape index (κ2) is 22.9. The van der Waals surface area contributed by atoms with E-state index in [9.17, 15) is 39.9 Å². The largest absolute Gasteiger partial charge is 0.459 e. The number of nitrogens with one attached hydrogen (secondary N) is 1. The molecule has 62 heavy (non-hydrogen) atoms. The topological polar surface area (TPSA) is 245 Å². The van der Waals surface area contributed by atoms with Crippen LogP contribution in [-0.4, -0.2) is 192 Å². The maximum absolute atomic E-state index is 14.4. The van der Waals surface area contributed by atoms with Gasteiger partial charge in [0.15, 0.2) is 18.7 Å². The number of carbonyl (C=O) groups excluding carboxylic acids is 3. The molecule has 0 aromatic carbocycles. The molecule has 6 N–H and O–H groups in total. The fourth-order valence-corrected chi connectivity index (χ4v) is 9.26. The second-order valence-electron chi connectivity index (χ2n) is 18.6. The van der Waals surface area contributed by atoms with Crippen LogP contribution in [-0.2, 0) is 52.3 Å². The van der Waals surface area contributed by atoms with Crippen molar-refractivity contribution in [3.63, 3.8) is 0 Å². The molecule has 19 nitrogen and oxygen atoms in total. The van der Waals surface area contributed by atoms with Crippen LogP contribution < -0.4 is 5.32 Å². The summed E-state index contributed by atoms with van der Waals surface area (Å²) < 4.78 is 50.6. The Hall–Kier alpha value is -2.11. The van der Waals surface area contributed by atoms with E-state index in [1.54, 1.807) is 55.4 Å². The molecule has 362 valence electrons. The standard InChI is InChI=1S/C43H79N3O16/c1-15-30-43(10,54)35(51)27(6)44-38(52)23(2)19-41(8,55-13)36(62-40-33(50)29(45(11)12)18-24(3)57-40)25(4)34(26(5)39(53)59-30)61-32-20-42(9,56-14)37(28(7)58-32)60-31(49)16-17-46(21-47)22-48/h23-30,32-37,40,47-48,50-51,54H,15-22H2,1-14H3,(H,44,52)/t23-,24-,25+,26-,27-,28+,29+,30-,32+,33-,34+,35-,36-,37+,40+,41-,42-,43-/m1/s1. The number of esters is 2. The number of methoxy groups -OCH3 is 2. The Kier molecular flexibility index (Phi) is 20.0. The summed E-state index contributed by atoms with van der Waals surface area (Å²) in [6.45, 7) is 16.0. The van der Waals surface area contributed by atoms with Crippen LogP contribution in [0.4, 0.5) is 0 Å². The van der Waals surface area contributed by atoms with Crippen molar-refractivity contribution in [2.24, 2.45) is 17.8 Å². The highest BCUT2D eigenvalue weighted by Crippen LogP contribution is 2.41. The minimum absolute atomic E-state index is 0.0172. The van der Waals surface area contributed by atoms with Gasteiger partial charge in [0, 0.05) is 45.1 Å². The van der Waals surface area contributed by atoms with E-state index in [4.69, 9.17) is 37.9 Å². The number of amides is 1.